The molecular formula is C16H18N2O. The zero-order chi connectivity index (χ0) is 13.1. The Morgan fingerprint density at radius 3 is 3.05 bits per heavy atom. The molecule has 1 aliphatic rings. The maximum Gasteiger partial charge on any atom is 0.0952 e. The number of benzene rings is 1. The lowest BCUT2D eigenvalue weighted by atomic mass is 9.93. The molecule has 19 heavy (non-hydrogen) atoms. The molecular weight excluding hydrogens is 236 g/mol. The van der Waals surface area contributed by atoms with E-state index in [0.717, 1.165) is 25.1 Å². The van der Waals surface area contributed by atoms with E-state index in [9.17, 15) is 0 Å². The van der Waals surface area contributed by atoms with Crippen LogP contribution in [-0.4, -0.2) is 25.2 Å². The van der Waals surface area contributed by atoms with Gasteiger partial charge in [-0.2, -0.15) is 0 Å². The van der Waals surface area contributed by atoms with Crippen molar-refractivity contribution in [3.63, 3.8) is 0 Å². The highest BCUT2D eigenvalue weighted by molar-refractivity contribution is 5.64. The van der Waals surface area contributed by atoms with Gasteiger partial charge in [0.05, 0.1) is 12.7 Å². The van der Waals surface area contributed by atoms with Gasteiger partial charge in [-0.05, 0) is 47.9 Å². The second kappa shape index (κ2) is 5.51. The van der Waals surface area contributed by atoms with Crippen molar-refractivity contribution in [3.05, 3.63) is 53.9 Å². The molecule has 0 fully saturated rings. The number of nitrogens with one attached hydrogen (secondary N) is 1. The Bertz CT molecular complexity index is 554. The molecule has 3 rings (SSSR count). The van der Waals surface area contributed by atoms with Crippen LogP contribution in [0.15, 0.2) is 42.7 Å². The molecule has 2 heterocycles. The predicted molar refractivity (Wildman–Crippen MR) is 76.0 cm³/mol. The molecule has 0 amide bonds. The SMILES string of the molecule is CNC[C@H]1OCCc2ccc(-c3cccnc3)cc21. The summed E-state index contributed by atoms with van der Waals surface area (Å²) in [5.41, 5.74) is 5.07. The summed E-state index contributed by atoms with van der Waals surface area (Å²) in [4.78, 5) is 4.18. The summed E-state index contributed by atoms with van der Waals surface area (Å²) in [5, 5.41) is 3.20. The zero-order valence-corrected chi connectivity index (χ0v) is 11.1. The van der Waals surface area contributed by atoms with E-state index in [4.69, 9.17) is 4.74 Å². The van der Waals surface area contributed by atoms with Gasteiger partial charge in [-0.1, -0.05) is 18.2 Å². The zero-order valence-electron chi connectivity index (χ0n) is 11.1. The van der Waals surface area contributed by atoms with Crippen molar-refractivity contribution in [1.29, 1.82) is 0 Å². The number of ether oxygens (including phenoxy) is 1. The van der Waals surface area contributed by atoms with Crippen LogP contribution >= 0.6 is 0 Å². The van der Waals surface area contributed by atoms with E-state index < -0.39 is 0 Å². The van der Waals surface area contributed by atoms with Crippen LogP contribution in [0.2, 0.25) is 0 Å². The van der Waals surface area contributed by atoms with Crippen LogP contribution in [0, 0.1) is 0 Å². The molecule has 1 aromatic heterocycles. The van der Waals surface area contributed by atoms with Crippen LogP contribution in [0.4, 0.5) is 0 Å². The molecule has 0 unspecified atom stereocenters. The number of fused-ring (bicyclic) bond motifs is 1. The van der Waals surface area contributed by atoms with Gasteiger partial charge in [0.25, 0.3) is 0 Å². The number of rotatable bonds is 3. The standard InChI is InChI=1S/C16H18N2O/c1-17-11-16-15-9-13(14-3-2-7-18-10-14)5-4-12(15)6-8-19-16/h2-5,7,9-10,16-17H,6,8,11H2,1H3/t16-/m1/s1. The van der Waals surface area contributed by atoms with Gasteiger partial charge >= 0.3 is 0 Å². The third-order valence-corrected chi connectivity index (χ3v) is 3.57. The van der Waals surface area contributed by atoms with Crippen LogP contribution in [-0.2, 0) is 11.2 Å². The smallest absolute Gasteiger partial charge is 0.0952 e. The van der Waals surface area contributed by atoms with Crippen molar-refractivity contribution >= 4 is 0 Å². The van der Waals surface area contributed by atoms with Crippen molar-refractivity contribution in [1.82, 2.24) is 10.3 Å². The number of hydrogen-bond acceptors (Lipinski definition) is 3. The third-order valence-electron chi connectivity index (χ3n) is 3.57. The van der Waals surface area contributed by atoms with E-state index in [-0.39, 0.29) is 6.10 Å². The lowest BCUT2D eigenvalue weighted by Gasteiger charge is -2.26. The lowest BCUT2D eigenvalue weighted by Crippen LogP contribution is -2.25. The maximum atomic E-state index is 5.86. The minimum absolute atomic E-state index is 0.158. The Hall–Kier alpha value is -1.71. The van der Waals surface area contributed by atoms with Crippen molar-refractivity contribution < 1.29 is 4.74 Å². The molecule has 98 valence electrons. The molecule has 0 saturated carbocycles. The van der Waals surface area contributed by atoms with Gasteiger partial charge < -0.3 is 10.1 Å². The van der Waals surface area contributed by atoms with E-state index in [1.54, 1.807) is 6.20 Å². The van der Waals surface area contributed by atoms with Crippen LogP contribution in [0.25, 0.3) is 11.1 Å². The fourth-order valence-corrected chi connectivity index (χ4v) is 2.59. The van der Waals surface area contributed by atoms with Gasteiger partial charge in [-0.3, -0.25) is 4.98 Å². The summed E-state index contributed by atoms with van der Waals surface area (Å²) in [6.07, 6.45) is 4.86. The summed E-state index contributed by atoms with van der Waals surface area (Å²) < 4.78 is 5.86. The Balaban J connectivity index is 2.00. The molecule has 0 spiro atoms. The quantitative estimate of drug-likeness (QED) is 0.914. The van der Waals surface area contributed by atoms with E-state index in [0.29, 0.717) is 0 Å². The Morgan fingerprint density at radius 2 is 2.26 bits per heavy atom. The normalized spacial score (nSPS) is 18.1. The molecule has 0 saturated heterocycles. The van der Waals surface area contributed by atoms with Crippen LogP contribution in [0.5, 0.6) is 0 Å². The first kappa shape index (κ1) is 12.3. The minimum Gasteiger partial charge on any atom is -0.372 e. The molecule has 3 heteroatoms. The number of nitrogens with zero attached hydrogens (tertiary/aromatic N) is 1. The second-order valence-corrected chi connectivity index (χ2v) is 4.82. The van der Waals surface area contributed by atoms with E-state index in [1.165, 1.54) is 16.7 Å². The first-order valence-corrected chi connectivity index (χ1v) is 6.68. The second-order valence-electron chi connectivity index (χ2n) is 4.82. The molecule has 0 radical (unpaired) electrons. The monoisotopic (exact) mass is 254 g/mol. The van der Waals surface area contributed by atoms with Gasteiger partial charge in [0, 0.05) is 18.9 Å². The average Bonchev–Trinajstić information content (AvgIpc) is 2.48. The highest BCUT2D eigenvalue weighted by atomic mass is 16.5. The van der Waals surface area contributed by atoms with Gasteiger partial charge in [0.1, 0.15) is 0 Å². The van der Waals surface area contributed by atoms with Gasteiger partial charge in [-0.15, -0.1) is 0 Å². The topological polar surface area (TPSA) is 34.1 Å². The van der Waals surface area contributed by atoms with Crippen molar-refractivity contribution in [2.24, 2.45) is 0 Å². The van der Waals surface area contributed by atoms with E-state index in [2.05, 4.69) is 34.6 Å². The third kappa shape index (κ3) is 2.53. The fourth-order valence-electron chi connectivity index (χ4n) is 2.59. The number of hydrogen-bond donors (Lipinski definition) is 1. The van der Waals surface area contributed by atoms with Crippen LogP contribution in [0.3, 0.4) is 0 Å². The van der Waals surface area contributed by atoms with Gasteiger partial charge in [0.2, 0.25) is 0 Å². The molecule has 3 nitrogen and oxygen atoms in total. The Labute approximate surface area is 113 Å². The summed E-state index contributed by atoms with van der Waals surface area (Å²) in [5.74, 6) is 0. The summed E-state index contributed by atoms with van der Waals surface area (Å²) >= 11 is 0. The number of likely N-dealkylation sites (N-methyl/N-ethyl adjacent to an activating group) is 1. The lowest BCUT2D eigenvalue weighted by molar-refractivity contribution is 0.0439. The molecule has 1 aliphatic heterocycles. The van der Waals surface area contributed by atoms with Crippen molar-refractivity contribution in [3.8, 4) is 11.1 Å². The Morgan fingerprint density at radius 1 is 1.32 bits per heavy atom. The highest BCUT2D eigenvalue weighted by Gasteiger charge is 2.20. The first-order chi connectivity index (χ1) is 9.38. The number of pyridine rings is 1. The molecule has 2 aromatic rings. The summed E-state index contributed by atoms with van der Waals surface area (Å²) in [7, 11) is 1.96. The molecule has 1 N–H and O–H groups in total. The molecule has 0 aliphatic carbocycles. The van der Waals surface area contributed by atoms with Gasteiger partial charge in [0.15, 0.2) is 0 Å². The minimum atomic E-state index is 0.158. The van der Waals surface area contributed by atoms with E-state index >= 15 is 0 Å². The summed E-state index contributed by atoms with van der Waals surface area (Å²) in [6.45, 7) is 1.66. The van der Waals surface area contributed by atoms with Gasteiger partial charge in [-0.25, -0.2) is 0 Å². The van der Waals surface area contributed by atoms with Crippen LogP contribution < -0.4 is 5.32 Å². The van der Waals surface area contributed by atoms with E-state index in [1.807, 2.05) is 19.3 Å². The fraction of sp³-hybridized carbons (Fsp3) is 0.312. The van der Waals surface area contributed by atoms with Crippen LogP contribution in [0.1, 0.15) is 17.2 Å². The number of aromatic nitrogens is 1. The highest BCUT2D eigenvalue weighted by Crippen LogP contribution is 2.30. The molecule has 1 atom stereocenters. The molecule has 0 bridgehead atoms. The average molecular weight is 254 g/mol. The predicted octanol–water partition coefficient (Wildman–Crippen LogP) is 2.58. The summed E-state index contributed by atoms with van der Waals surface area (Å²) in [6, 6.07) is 10.7. The largest absolute Gasteiger partial charge is 0.372 e. The molecule has 1 aromatic carbocycles. The first-order valence-electron chi connectivity index (χ1n) is 6.68. The van der Waals surface area contributed by atoms with Crippen molar-refractivity contribution in [2.75, 3.05) is 20.2 Å². The Kier molecular flexibility index (Phi) is 3.58. The van der Waals surface area contributed by atoms with Crippen molar-refractivity contribution in [2.45, 2.75) is 12.5 Å². The maximum absolute atomic E-state index is 5.86.